The van der Waals surface area contributed by atoms with Gasteiger partial charge in [0.2, 0.25) is 0 Å². The molecule has 0 N–H and O–H groups in total. The molecule has 1 heterocycles. The van der Waals surface area contributed by atoms with Crippen molar-refractivity contribution in [3.63, 3.8) is 0 Å². The summed E-state index contributed by atoms with van der Waals surface area (Å²) >= 11 is 0. The van der Waals surface area contributed by atoms with Crippen LogP contribution < -0.4 is 0 Å². The summed E-state index contributed by atoms with van der Waals surface area (Å²) in [5.41, 5.74) is 1.21. The summed E-state index contributed by atoms with van der Waals surface area (Å²) in [5.74, 6) is 0. The van der Waals surface area contributed by atoms with E-state index in [1.165, 1.54) is 12.1 Å². The Morgan fingerprint density at radius 1 is 1.41 bits per heavy atom. The van der Waals surface area contributed by atoms with Gasteiger partial charge in [-0.25, -0.2) is 4.98 Å². The molecule has 1 aromatic carbocycles. The molecule has 0 fully saturated rings. The van der Waals surface area contributed by atoms with Gasteiger partial charge in [0.15, 0.2) is 0 Å². The highest BCUT2D eigenvalue weighted by Gasteiger charge is 2.07. The van der Waals surface area contributed by atoms with E-state index in [2.05, 4.69) is 11.9 Å². The molecule has 17 heavy (non-hydrogen) atoms. The van der Waals surface area contributed by atoms with E-state index < -0.39 is 0 Å². The van der Waals surface area contributed by atoms with Gasteiger partial charge in [-0.15, -0.1) is 0 Å². The predicted molar refractivity (Wildman–Crippen MR) is 63.7 cm³/mol. The van der Waals surface area contributed by atoms with Crippen LogP contribution >= 0.6 is 0 Å². The highest BCUT2D eigenvalue weighted by molar-refractivity contribution is 5.33. The van der Waals surface area contributed by atoms with Crippen molar-refractivity contribution < 1.29 is 4.92 Å². The predicted octanol–water partition coefficient (Wildman–Crippen LogP) is 2.60. The molecule has 5 heteroatoms. The van der Waals surface area contributed by atoms with Crippen LogP contribution in [-0.2, 0) is 6.42 Å². The van der Waals surface area contributed by atoms with E-state index in [0.717, 1.165) is 12.0 Å². The second-order valence-corrected chi connectivity index (χ2v) is 3.99. The maximum absolute atomic E-state index is 10.5. The molecule has 0 aliphatic rings. The molecule has 88 valence electrons. The molecule has 0 bridgehead atoms. The largest absolute Gasteiger partial charge is 0.334 e. The number of aromatic nitrogens is 2. The van der Waals surface area contributed by atoms with E-state index in [0.29, 0.717) is 6.04 Å². The molecule has 1 unspecified atom stereocenters. The molecule has 0 amide bonds. The summed E-state index contributed by atoms with van der Waals surface area (Å²) in [6.45, 7) is 2.09. The monoisotopic (exact) mass is 231 g/mol. The van der Waals surface area contributed by atoms with Crippen LogP contribution in [0.2, 0.25) is 0 Å². The van der Waals surface area contributed by atoms with Gasteiger partial charge in [0, 0.05) is 30.6 Å². The minimum Gasteiger partial charge on any atom is -0.334 e. The van der Waals surface area contributed by atoms with Crippen molar-refractivity contribution in [2.24, 2.45) is 0 Å². The average molecular weight is 231 g/mol. The Labute approximate surface area is 98.9 Å². The van der Waals surface area contributed by atoms with Crippen LogP contribution in [0.5, 0.6) is 0 Å². The number of hydrogen-bond donors (Lipinski definition) is 0. The molecular formula is C12H13N3O2. The lowest BCUT2D eigenvalue weighted by Gasteiger charge is -2.12. The number of hydrogen-bond acceptors (Lipinski definition) is 3. The Morgan fingerprint density at radius 2 is 2.12 bits per heavy atom. The summed E-state index contributed by atoms with van der Waals surface area (Å²) in [7, 11) is 0. The molecule has 2 rings (SSSR count). The second-order valence-electron chi connectivity index (χ2n) is 3.99. The molecule has 0 radical (unpaired) electrons. The van der Waals surface area contributed by atoms with Crippen molar-refractivity contribution in [2.45, 2.75) is 19.4 Å². The first kappa shape index (κ1) is 11.3. The summed E-state index contributed by atoms with van der Waals surface area (Å²) in [6.07, 6.45) is 6.26. The zero-order valence-electron chi connectivity index (χ0n) is 9.48. The Kier molecular flexibility index (Phi) is 3.18. The SMILES string of the molecule is CC(Cc1ccc([N+](=O)[O-])cc1)n1ccnc1. The first-order chi connectivity index (χ1) is 8.16. The Morgan fingerprint density at radius 3 is 2.65 bits per heavy atom. The number of benzene rings is 1. The fraction of sp³-hybridized carbons (Fsp3) is 0.250. The molecule has 0 spiro atoms. The number of nitro benzene ring substituents is 1. The molecule has 0 saturated carbocycles. The van der Waals surface area contributed by atoms with E-state index in [1.54, 1.807) is 24.7 Å². The lowest BCUT2D eigenvalue weighted by Crippen LogP contribution is -2.05. The van der Waals surface area contributed by atoms with Crippen molar-refractivity contribution in [3.05, 3.63) is 58.7 Å². The fourth-order valence-electron chi connectivity index (χ4n) is 1.73. The molecule has 0 aliphatic heterocycles. The van der Waals surface area contributed by atoms with Gasteiger partial charge < -0.3 is 4.57 Å². The van der Waals surface area contributed by atoms with Gasteiger partial charge in [-0.1, -0.05) is 12.1 Å². The van der Waals surface area contributed by atoms with Crippen LogP contribution in [0.4, 0.5) is 5.69 Å². The van der Waals surface area contributed by atoms with E-state index in [1.807, 2.05) is 10.8 Å². The van der Waals surface area contributed by atoms with Gasteiger partial charge in [-0.05, 0) is 18.9 Å². The van der Waals surface area contributed by atoms with Gasteiger partial charge in [0.25, 0.3) is 5.69 Å². The molecule has 5 nitrogen and oxygen atoms in total. The van der Waals surface area contributed by atoms with Crippen LogP contribution in [0.15, 0.2) is 43.0 Å². The van der Waals surface area contributed by atoms with Crippen molar-refractivity contribution in [3.8, 4) is 0 Å². The first-order valence-corrected chi connectivity index (χ1v) is 5.37. The van der Waals surface area contributed by atoms with Crippen molar-refractivity contribution >= 4 is 5.69 Å². The minimum atomic E-state index is -0.386. The summed E-state index contributed by atoms with van der Waals surface area (Å²) < 4.78 is 2.02. The molecular weight excluding hydrogens is 218 g/mol. The Bertz CT molecular complexity index is 491. The van der Waals surface area contributed by atoms with Gasteiger partial charge in [-0.3, -0.25) is 10.1 Å². The normalized spacial score (nSPS) is 12.3. The average Bonchev–Trinajstić information content (AvgIpc) is 2.83. The highest BCUT2D eigenvalue weighted by atomic mass is 16.6. The molecule has 1 aromatic heterocycles. The number of non-ortho nitro benzene ring substituents is 1. The van der Waals surface area contributed by atoms with Gasteiger partial charge in [-0.2, -0.15) is 0 Å². The number of nitrogens with zero attached hydrogens (tertiary/aromatic N) is 3. The van der Waals surface area contributed by atoms with Crippen LogP contribution in [0.3, 0.4) is 0 Å². The summed E-state index contributed by atoms with van der Waals surface area (Å²) in [6, 6.07) is 6.96. The topological polar surface area (TPSA) is 61.0 Å². The van der Waals surface area contributed by atoms with Crippen molar-refractivity contribution in [1.29, 1.82) is 0 Å². The third-order valence-corrected chi connectivity index (χ3v) is 2.71. The third-order valence-electron chi connectivity index (χ3n) is 2.71. The second kappa shape index (κ2) is 4.78. The van der Waals surface area contributed by atoms with Crippen LogP contribution in [0, 0.1) is 10.1 Å². The van der Waals surface area contributed by atoms with E-state index in [4.69, 9.17) is 0 Å². The van der Waals surface area contributed by atoms with Gasteiger partial charge >= 0.3 is 0 Å². The fourth-order valence-corrected chi connectivity index (χ4v) is 1.73. The van der Waals surface area contributed by atoms with Crippen LogP contribution in [-0.4, -0.2) is 14.5 Å². The molecule has 2 aromatic rings. The number of nitro groups is 1. The van der Waals surface area contributed by atoms with Crippen LogP contribution in [0.25, 0.3) is 0 Å². The lowest BCUT2D eigenvalue weighted by atomic mass is 10.1. The van der Waals surface area contributed by atoms with Gasteiger partial charge in [0.1, 0.15) is 0 Å². The molecule has 1 atom stereocenters. The van der Waals surface area contributed by atoms with Gasteiger partial charge in [0.05, 0.1) is 11.3 Å². The quantitative estimate of drug-likeness (QED) is 0.600. The van der Waals surface area contributed by atoms with E-state index in [-0.39, 0.29) is 10.6 Å². The van der Waals surface area contributed by atoms with Crippen LogP contribution in [0.1, 0.15) is 18.5 Å². The maximum Gasteiger partial charge on any atom is 0.269 e. The lowest BCUT2D eigenvalue weighted by molar-refractivity contribution is -0.384. The zero-order chi connectivity index (χ0) is 12.3. The molecule has 0 aliphatic carbocycles. The van der Waals surface area contributed by atoms with Crippen molar-refractivity contribution in [1.82, 2.24) is 9.55 Å². The zero-order valence-corrected chi connectivity index (χ0v) is 9.48. The highest BCUT2D eigenvalue weighted by Crippen LogP contribution is 2.17. The maximum atomic E-state index is 10.5. The summed E-state index contributed by atoms with van der Waals surface area (Å²) in [4.78, 5) is 14.1. The van der Waals surface area contributed by atoms with Crippen molar-refractivity contribution in [2.75, 3.05) is 0 Å². The standard InChI is InChI=1S/C12H13N3O2/c1-10(14-7-6-13-9-14)8-11-2-4-12(5-3-11)15(16)17/h2-7,9-10H,8H2,1H3. The number of imidazole rings is 1. The molecule has 0 saturated heterocycles. The Hall–Kier alpha value is -2.17. The number of rotatable bonds is 4. The van der Waals surface area contributed by atoms with E-state index in [9.17, 15) is 10.1 Å². The Balaban J connectivity index is 2.06. The third kappa shape index (κ3) is 2.69. The summed E-state index contributed by atoms with van der Waals surface area (Å²) in [5, 5.41) is 10.5. The minimum absolute atomic E-state index is 0.129. The van der Waals surface area contributed by atoms with E-state index >= 15 is 0 Å². The first-order valence-electron chi connectivity index (χ1n) is 5.37. The smallest absolute Gasteiger partial charge is 0.269 e.